The number of thiol groups is 1. The number of aliphatic hydroxyl groups excluding tert-OH is 2. The summed E-state index contributed by atoms with van der Waals surface area (Å²) in [6, 6.07) is 17.9. The molecule has 5 aromatic carbocycles. The van der Waals surface area contributed by atoms with Crippen molar-refractivity contribution in [2.24, 2.45) is 26.6 Å². The number of halogens is 14. The first-order valence-electron chi connectivity index (χ1n) is 32.4. The second-order valence-electron chi connectivity index (χ2n) is 24.9. The second kappa shape index (κ2) is 42.7. The van der Waals surface area contributed by atoms with Crippen molar-refractivity contribution in [2.45, 2.75) is 116 Å². The Hall–Kier alpha value is -2.91. The fraction of sp³-hybridized carbons (Fsp3) is 0.441. The molecule has 2 aromatic heterocycles. The van der Waals surface area contributed by atoms with E-state index < -0.39 is 25.5 Å². The van der Waals surface area contributed by atoms with Gasteiger partial charge in [-0.1, -0.05) is 116 Å². The van der Waals surface area contributed by atoms with Gasteiger partial charge in [0.05, 0.1) is 163 Å². The molecule has 7 aromatic rings. The van der Waals surface area contributed by atoms with Crippen molar-refractivity contribution in [1.29, 1.82) is 0 Å². The number of anilines is 2. The molecular weight excluding hydrogens is 1790 g/mol. The molecule has 5 aliphatic rings. The SMILES string of the molecule is COc1ccc(Cl)c(Cl)c1-c1cnc(N2CCC3(CC2)CO[C@@H](C)[C@H]3N)c(CO)n1.COc1ccc(Cl)c(Cl)c1B1OC(C)(C)C(C)(C)O1.COc1ccc(Cl)c(Cl)c1Br.C[C@@H]1OCC2(CCN(c3ncc(Br)nc3CO)CC2)[C@@H]1N.Oc1ccc(Cl)c(Cl)c1.Oc1ccc(Cl)c(Cl)c1Br.[2H]CF.[B]=NS. The van der Waals surface area contributed by atoms with Crippen molar-refractivity contribution in [1.82, 2.24) is 19.9 Å². The van der Waals surface area contributed by atoms with Crippen LogP contribution in [0.5, 0.6) is 28.7 Å². The van der Waals surface area contributed by atoms with Crippen molar-refractivity contribution in [2.75, 3.05) is 77.7 Å². The maximum atomic E-state index is 9.99. The summed E-state index contributed by atoms with van der Waals surface area (Å²) in [6.45, 7) is 16.4. The van der Waals surface area contributed by atoms with Gasteiger partial charge in [0.25, 0.3) is 0 Å². The van der Waals surface area contributed by atoms with Crippen LogP contribution in [0, 0.1) is 10.8 Å². The summed E-state index contributed by atoms with van der Waals surface area (Å²) in [6.07, 6.45) is 7.35. The Morgan fingerprint density at radius 1 is 0.619 bits per heavy atom. The molecule has 2 spiro atoms. The molecule has 5 fully saturated rings. The van der Waals surface area contributed by atoms with Crippen LogP contribution in [0.4, 0.5) is 16.0 Å². The van der Waals surface area contributed by atoms with E-state index in [1.54, 1.807) is 76.2 Å². The Balaban J connectivity index is 0.000000236. The number of aromatic nitrogens is 4. The van der Waals surface area contributed by atoms with E-state index in [4.69, 9.17) is 172 Å². The van der Waals surface area contributed by atoms with Crippen LogP contribution in [0.1, 0.15) is 80.0 Å². The molecule has 8 N–H and O–H groups in total. The molecule has 4 atom stereocenters. The topological polar surface area (TPSA) is 268 Å². The molecule has 0 unspecified atom stereocenters. The second-order valence-corrected chi connectivity index (χ2v) is 31.5. The molecule has 0 amide bonds. The van der Waals surface area contributed by atoms with Crippen molar-refractivity contribution in [3.63, 3.8) is 0 Å². The number of hydrogen-bond acceptors (Lipinski definition) is 21. The van der Waals surface area contributed by atoms with Crippen LogP contribution in [0.2, 0.25) is 50.2 Å². The van der Waals surface area contributed by atoms with Gasteiger partial charge in [0, 0.05) is 54.6 Å². The number of hydrogen-bond donors (Lipinski definition) is 7. The van der Waals surface area contributed by atoms with Crippen molar-refractivity contribution < 1.29 is 59.2 Å². The fourth-order valence-corrected chi connectivity index (χ4v) is 14.6. The first-order chi connectivity index (χ1) is 50.0. The molecule has 0 saturated carbocycles. The van der Waals surface area contributed by atoms with Crippen LogP contribution in [0.15, 0.2) is 97.0 Å². The molecule has 0 aliphatic carbocycles. The summed E-state index contributed by atoms with van der Waals surface area (Å²) in [5, 5.41) is 41.5. The fourth-order valence-electron chi connectivity index (χ4n) is 11.5. The molecule has 573 valence electrons. The van der Waals surface area contributed by atoms with Gasteiger partial charge in [-0.25, -0.2) is 19.9 Å². The zero-order valence-corrected chi connectivity index (χ0v) is 71.5. The first kappa shape index (κ1) is 91.0. The molecule has 5 saturated heterocycles. The first-order valence-corrected chi connectivity index (χ1v) is 38.3. The number of alkyl halides is 1. The molecule has 12 rings (SSSR count). The number of phenolic OH excluding ortho intramolecular Hbond substituents is 2. The minimum atomic E-state index is -1.00. The normalized spacial score (nSPS) is 19.1. The van der Waals surface area contributed by atoms with E-state index in [-0.39, 0.29) is 59.8 Å². The van der Waals surface area contributed by atoms with Gasteiger partial charge < -0.3 is 74.7 Å². The molecule has 105 heavy (non-hydrogen) atoms. The van der Waals surface area contributed by atoms with Gasteiger partial charge in [-0.2, -0.15) is 0 Å². The number of aliphatic hydroxyl groups is 2. The Kier molecular flexibility index (Phi) is 37.0. The molecule has 7 heterocycles. The molecular formula is C68H80B2Br3Cl10FN9O11S. The number of aromatic hydroxyl groups is 2. The van der Waals surface area contributed by atoms with Gasteiger partial charge in [-0.15, -0.1) is 0 Å². The number of ether oxygens (including phenoxy) is 5. The average molecular weight is 1870 g/mol. The Morgan fingerprint density at radius 3 is 1.44 bits per heavy atom. The molecule has 1 radical (unpaired) electrons. The summed E-state index contributed by atoms with van der Waals surface area (Å²) >= 11 is 71.6. The minimum absolute atomic E-state index is 0.0182. The van der Waals surface area contributed by atoms with E-state index in [0.717, 1.165) is 64.3 Å². The summed E-state index contributed by atoms with van der Waals surface area (Å²) in [5.74, 6) is 3.50. The number of methoxy groups -OCH3 is 3. The van der Waals surface area contributed by atoms with Gasteiger partial charge in [0.2, 0.25) is 0 Å². The van der Waals surface area contributed by atoms with Crippen molar-refractivity contribution >= 4 is 208 Å². The summed E-state index contributed by atoms with van der Waals surface area (Å²) in [7, 11) is 7.45. The van der Waals surface area contributed by atoms with E-state index in [0.29, 0.717) is 122 Å². The van der Waals surface area contributed by atoms with Gasteiger partial charge in [0.1, 0.15) is 44.7 Å². The number of rotatable bonds is 9. The third-order valence-electron chi connectivity index (χ3n) is 18.2. The van der Waals surface area contributed by atoms with E-state index in [1.165, 1.54) is 24.3 Å². The zero-order valence-electron chi connectivity index (χ0n) is 59.3. The molecule has 20 nitrogen and oxygen atoms in total. The van der Waals surface area contributed by atoms with Gasteiger partial charge >= 0.3 is 31.9 Å². The predicted molar refractivity (Wildman–Crippen MR) is 438 cm³/mol. The monoisotopic (exact) mass is 1860 g/mol. The van der Waals surface area contributed by atoms with E-state index in [1.807, 2.05) is 34.6 Å². The summed E-state index contributed by atoms with van der Waals surface area (Å²) in [4.78, 5) is 22.3. The van der Waals surface area contributed by atoms with E-state index in [2.05, 4.69) is 109 Å². The number of nitrogens with two attached hydrogens (primary N) is 2. The maximum absolute atomic E-state index is 9.99. The predicted octanol–water partition coefficient (Wildman–Crippen LogP) is 18.3. The number of nitrogens with zero attached hydrogens (tertiary/aromatic N) is 7. The van der Waals surface area contributed by atoms with E-state index in [9.17, 15) is 14.6 Å². The third kappa shape index (κ3) is 23.6. The Morgan fingerprint density at radius 2 is 1.02 bits per heavy atom. The molecule has 5 aliphatic heterocycles. The number of phenols is 2. The number of piperidine rings is 2. The number of benzene rings is 5. The quantitative estimate of drug-likeness (QED) is 0.0402. The summed E-state index contributed by atoms with van der Waals surface area (Å²) < 4.78 is 59.2. The van der Waals surface area contributed by atoms with Gasteiger partial charge in [0.15, 0.2) is 11.6 Å². The van der Waals surface area contributed by atoms with Gasteiger partial charge in [-0.05, 0) is 182 Å². The van der Waals surface area contributed by atoms with Crippen molar-refractivity contribution in [3.8, 4) is 40.0 Å². The van der Waals surface area contributed by atoms with E-state index >= 15 is 0 Å². The average Bonchev–Trinajstić information content (AvgIpc) is 1.56. The van der Waals surface area contributed by atoms with Gasteiger partial charge in [-0.3, -0.25) is 4.39 Å². The van der Waals surface area contributed by atoms with Crippen LogP contribution in [-0.2, 0) is 32.0 Å². The zero-order chi connectivity index (χ0) is 79.3. The van der Waals surface area contributed by atoms with Crippen LogP contribution in [0.3, 0.4) is 0 Å². The Labute approximate surface area is 695 Å². The van der Waals surface area contributed by atoms with Crippen LogP contribution >= 0.6 is 177 Å². The molecule has 37 heteroatoms. The third-order valence-corrected chi connectivity index (χ3v) is 24.6. The van der Waals surface area contributed by atoms with Crippen LogP contribution in [0.25, 0.3) is 11.3 Å². The Bertz CT molecular complexity index is 4030. The summed E-state index contributed by atoms with van der Waals surface area (Å²) in [5.41, 5.74) is 14.8. The molecule has 0 bridgehead atoms. The standard InChI is InChI=1S/C21H26Cl2N4O3.C14H21BrN4O2.C13H17BCl2O3.C7H5BrCl2O.C6H3BrCl2O.C6H4Cl2O.CH3F.BHNS/c1-12-19(24)21(11-30-12)5-7-27(8-6-21)20-15(10-28)26-14(9-25-20)17-16(29-2)4-3-13(22)18(17)23;1-9-12(16)14(8-21-9)2-4-19(5-3-14)13-10(7-20)18-11(15)6-17-13;1-12(2)13(3,4)19-14(18-12)10-9(17-5)7-6-8(15)11(10)16;1-11-5-3-2-4(9)7(10)6(5)8;7-5-4(10)2-1-3(8)6(5)9;7-5-2-1-4(9)3-6(5)8;1-2;1-2-3/h3-4,9,12,19,28H,5-8,10-11,24H2,1-2H3;6,9,12,20H,2-5,7-8,16H2,1H3;6-7H,1-5H3;2-3H,1H3;1-2,10H;1-3,9H;1H3;3H/t12-,19+;9-,12+;;;;;;/m00....../s1/i;;;;;;1D;. The van der Waals surface area contributed by atoms with Crippen LogP contribution in [-0.4, -0.2) is 158 Å². The van der Waals surface area contributed by atoms with Crippen molar-refractivity contribution in [3.05, 3.63) is 154 Å². The van der Waals surface area contributed by atoms with Crippen LogP contribution < -0.4 is 40.9 Å².